The van der Waals surface area contributed by atoms with Crippen LogP contribution in [0.1, 0.15) is 37.8 Å². The summed E-state index contributed by atoms with van der Waals surface area (Å²) in [5, 5.41) is 10.0. The normalized spacial score (nSPS) is 19.1. The van der Waals surface area contributed by atoms with E-state index in [0.717, 1.165) is 43.2 Å². The smallest absolute Gasteiger partial charge is 0.166 e. The molecule has 1 unspecified atom stereocenters. The van der Waals surface area contributed by atoms with Gasteiger partial charge in [-0.3, -0.25) is 0 Å². The van der Waals surface area contributed by atoms with Crippen LogP contribution in [0.4, 0.5) is 0 Å². The predicted molar refractivity (Wildman–Crippen MR) is 105 cm³/mol. The Morgan fingerprint density at radius 3 is 2.79 bits per heavy atom. The second-order valence-corrected chi connectivity index (χ2v) is 7.27. The van der Waals surface area contributed by atoms with Gasteiger partial charge in [0.05, 0.1) is 7.11 Å². The summed E-state index contributed by atoms with van der Waals surface area (Å²) in [6, 6.07) is 10.9. The molecule has 0 radical (unpaired) electrons. The second kappa shape index (κ2) is 6.98. The first-order valence-corrected chi connectivity index (χ1v) is 9.10. The van der Waals surface area contributed by atoms with Crippen LogP contribution in [-0.4, -0.2) is 25.3 Å². The number of hydrogen-bond acceptors (Lipinski definition) is 2. The second-order valence-electron chi connectivity index (χ2n) is 6.86. The molecule has 0 heterocycles. The zero-order valence-electron chi connectivity index (χ0n) is 14.7. The third kappa shape index (κ3) is 3.20. The number of nitrogens with one attached hydrogen (secondary N) is 2. The van der Waals surface area contributed by atoms with E-state index in [9.17, 15) is 0 Å². The van der Waals surface area contributed by atoms with Crippen molar-refractivity contribution in [1.82, 2.24) is 10.6 Å². The Hall–Kier alpha value is -1.81. The minimum atomic E-state index is 0.0825. The van der Waals surface area contributed by atoms with E-state index in [0.29, 0.717) is 0 Å². The van der Waals surface area contributed by atoms with Crippen LogP contribution in [0.5, 0.6) is 5.75 Å². The van der Waals surface area contributed by atoms with E-state index in [4.69, 9.17) is 17.0 Å². The van der Waals surface area contributed by atoms with E-state index in [2.05, 4.69) is 48.7 Å². The van der Waals surface area contributed by atoms with Gasteiger partial charge in [0, 0.05) is 18.5 Å². The van der Waals surface area contributed by atoms with Gasteiger partial charge in [-0.1, -0.05) is 32.0 Å². The Morgan fingerprint density at radius 1 is 1.25 bits per heavy atom. The molecule has 128 valence electrons. The molecule has 0 saturated heterocycles. The van der Waals surface area contributed by atoms with Crippen molar-refractivity contribution in [2.45, 2.75) is 38.5 Å². The molecular formula is C20H26N2OS. The molecular weight excluding hydrogens is 316 g/mol. The molecule has 3 nitrogen and oxygen atoms in total. The molecule has 2 aromatic carbocycles. The minimum Gasteiger partial charge on any atom is -0.497 e. The van der Waals surface area contributed by atoms with Crippen molar-refractivity contribution in [1.29, 1.82) is 0 Å². The van der Waals surface area contributed by atoms with Gasteiger partial charge in [-0.15, -0.1) is 0 Å². The first kappa shape index (κ1) is 17.0. The number of benzene rings is 2. The van der Waals surface area contributed by atoms with Crippen molar-refractivity contribution in [3.63, 3.8) is 0 Å². The van der Waals surface area contributed by atoms with Crippen molar-refractivity contribution in [2.24, 2.45) is 0 Å². The summed E-state index contributed by atoms with van der Waals surface area (Å²) >= 11 is 5.40. The standard InChI is InChI=1S/C20H26N2OS/c1-4-11-21-19(24)22-13-20(2)10-9-15-6-5-14-7-8-16(23-3)12-17(14)18(15)20/h5-8,12H,4,9-11,13H2,1-3H3,(H2,21,22,24). The average molecular weight is 343 g/mol. The molecule has 2 N–H and O–H groups in total. The average Bonchev–Trinajstić information content (AvgIpc) is 2.95. The summed E-state index contributed by atoms with van der Waals surface area (Å²) in [4.78, 5) is 0. The Morgan fingerprint density at radius 2 is 2.04 bits per heavy atom. The van der Waals surface area contributed by atoms with Crippen LogP contribution in [-0.2, 0) is 11.8 Å². The molecule has 2 aromatic rings. The molecule has 0 aliphatic heterocycles. The van der Waals surface area contributed by atoms with Gasteiger partial charge in [-0.05, 0) is 65.5 Å². The van der Waals surface area contributed by atoms with Crippen LogP contribution in [0.3, 0.4) is 0 Å². The van der Waals surface area contributed by atoms with Gasteiger partial charge in [-0.25, -0.2) is 0 Å². The molecule has 3 rings (SSSR count). The minimum absolute atomic E-state index is 0.0825. The van der Waals surface area contributed by atoms with E-state index in [1.807, 2.05) is 6.07 Å². The SMILES string of the molecule is CCCNC(=S)NCC1(C)CCc2ccc3ccc(OC)cc3c21. The van der Waals surface area contributed by atoms with Crippen molar-refractivity contribution in [3.05, 3.63) is 41.5 Å². The number of hydrogen-bond donors (Lipinski definition) is 2. The number of methoxy groups -OCH3 is 1. The van der Waals surface area contributed by atoms with Gasteiger partial charge < -0.3 is 15.4 Å². The summed E-state index contributed by atoms with van der Waals surface area (Å²) in [6.45, 7) is 6.25. The zero-order valence-corrected chi connectivity index (χ0v) is 15.6. The summed E-state index contributed by atoms with van der Waals surface area (Å²) < 4.78 is 5.45. The molecule has 0 amide bonds. The molecule has 0 aromatic heterocycles. The lowest BCUT2D eigenvalue weighted by molar-refractivity contribution is 0.415. The highest BCUT2D eigenvalue weighted by Crippen LogP contribution is 2.43. The van der Waals surface area contributed by atoms with Gasteiger partial charge in [0.25, 0.3) is 0 Å². The van der Waals surface area contributed by atoms with Crippen LogP contribution < -0.4 is 15.4 Å². The predicted octanol–water partition coefficient (Wildman–Crippen LogP) is 3.93. The van der Waals surface area contributed by atoms with Gasteiger partial charge >= 0.3 is 0 Å². The number of aryl methyl sites for hydroxylation is 1. The van der Waals surface area contributed by atoms with Crippen LogP contribution in [0.15, 0.2) is 30.3 Å². The summed E-state index contributed by atoms with van der Waals surface area (Å²) in [5.74, 6) is 0.915. The molecule has 4 heteroatoms. The first-order valence-electron chi connectivity index (χ1n) is 8.69. The number of thiocarbonyl (C=S) groups is 1. The van der Waals surface area contributed by atoms with Gasteiger partial charge in [0.2, 0.25) is 0 Å². The number of ether oxygens (including phenoxy) is 1. The highest BCUT2D eigenvalue weighted by molar-refractivity contribution is 7.80. The van der Waals surface area contributed by atoms with E-state index in [-0.39, 0.29) is 5.41 Å². The van der Waals surface area contributed by atoms with Crippen molar-refractivity contribution < 1.29 is 4.74 Å². The van der Waals surface area contributed by atoms with Gasteiger partial charge in [-0.2, -0.15) is 0 Å². The molecule has 0 saturated carbocycles. The maximum atomic E-state index is 5.45. The summed E-state index contributed by atoms with van der Waals surface area (Å²) in [5.41, 5.74) is 2.98. The molecule has 0 fully saturated rings. The van der Waals surface area contributed by atoms with E-state index < -0.39 is 0 Å². The third-order valence-electron chi connectivity index (χ3n) is 5.04. The van der Waals surface area contributed by atoms with Crippen molar-refractivity contribution in [2.75, 3.05) is 20.2 Å². The third-order valence-corrected chi connectivity index (χ3v) is 5.33. The fourth-order valence-electron chi connectivity index (χ4n) is 3.68. The van der Waals surface area contributed by atoms with Gasteiger partial charge in [0.1, 0.15) is 5.75 Å². The lowest BCUT2D eigenvalue weighted by Gasteiger charge is -2.28. The van der Waals surface area contributed by atoms with Crippen molar-refractivity contribution >= 4 is 28.1 Å². The fourth-order valence-corrected chi connectivity index (χ4v) is 3.85. The summed E-state index contributed by atoms with van der Waals surface area (Å²) in [7, 11) is 1.73. The zero-order chi connectivity index (χ0) is 17.2. The van der Waals surface area contributed by atoms with Crippen LogP contribution >= 0.6 is 12.2 Å². The molecule has 24 heavy (non-hydrogen) atoms. The fraction of sp³-hybridized carbons (Fsp3) is 0.450. The largest absolute Gasteiger partial charge is 0.497 e. The van der Waals surface area contributed by atoms with Crippen LogP contribution in [0.2, 0.25) is 0 Å². The Kier molecular flexibility index (Phi) is 4.95. The maximum absolute atomic E-state index is 5.45. The highest BCUT2D eigenvalue weighted by Gasteiger charge is 2.35. The van der Waals surface area contributed by atoms with Crippen molar-refractivity contribution in [3.8, 4) is 5.75 Å². The van der Waals surface area contributed by atoms with Crippen LogP contribution in [0.25, 0.3) is 10.8 Å². The van der Waals surface area contributed by atoms with Crippen LogP contribution in [0, 0.1) is 0 Å². The van der Waals surface area contributed by atoms with E-state index >= 15 is 0 Å². The quantitative estimate of drug-likeness (QED) is 0.807. The maximum Gasteiger partial charge on any atom is 0.166 e. The first-order chi connectivity index (χ1) is 11.6. The molecule has 1 aliphatic rings. The summed E-state index contributed by atoms with van der Waals surface area (Å²) in [6.07, 6.45) is 3.34. The van der Waals surface area contributed by atoms with Gasteiger partial charge in [0.15, 0.2) is 5.11 Å². The Bertz CT molecular complexity index is 759. The number of fused-ring (bicyclic) bond motifs is 3. The molecule has 0 bridgehead atoms. The monoisotopic (exact) mass is 342 g/mol. The Balaban J connectivity index is 1.91. The number of rotatable bonds is 5. The Labute approximate surface area is 149 Å². The topological polar surface area (TPSA) is 33.3 Å². The lowest BCUT2D eigenvalue weighted by atomic mass is 9.81. The highest BCUT2D eigenvalue weighted by atomic mass is 32.1. The molecule has 1 aliphatic carbocycles. The lowest BCUT2D eigenvalue weighted by Crippen LogP contribution is -2.42. The van der Waals surface area contributed by atoms with E-state index in [1.54, 1.807) is 7.11 Å². The molecule has 0 spiro atoms. The van der Waals surface area contributed by atoms with E-state index in [1.165, 1.54) is 21.9 Å². The molecule has 1 atom stereocenters.